The molecule has 0 aliphatic heterocycles. The number of hydrogen-bond acceptors (Lipinski definition) is 5. The number of benzene rings is 3. The maximum absolute atomic E-state index is 11.3. The number of rotatable bonds is 3. The van der Waals surface area contributed by atoms with E-state index in [1.54, 1.807) is 30.3 Å². The van der Waals surface area contributed by atoms with Crippen LogP contribution in [0, 0.1) is 10.1 Å². The van der Waals surface area contributed by atoms with Crippen LogP contribution >= 0.6 is 0 Å². The van der Waals surface area contributed by atoms with E-state index in [0.29, 0.717) is 11.3 Å². The van der Waals surface area contributed by atoms with Gasteiger partial charge in [0, 0.05) is 11.5 Å². The molecule has 3 rings (SSSR count). The number of fused-ring (bicyclic) bond motifs is 1. The molecule has 0 fully saturated rings. The topological polar surface area (TPSA) is 98.4 Å². The number of hydrazine groups is 2. The van der Waals surface area contributed by atoms with Crippen LogP contribution in [-0.4, -0.2) is 4.92 Å². The molecule has 6 heteroatoms. The maximum atomic E-state index is 11.3. The summed E-state index contributed by atoms with van der Waals surface area (Å²) in [7, 11) is 0. The first-order chi connectivity index (χ1) is 10.6. The molecule has 0 aliphatic rings. The number of nitro benzene ring substituents is 1. The molecule has 0 spiro atoms. The van der Waals surface area contributed by atoms with Crippen molar-refractivity contribution in [2.45, 2.75) is 0 Å². The minimum Gasteiger partial charge on any atom is -0.258 e. The number of nitrogens with zero attached hydrogens (tertiary/aromatic N) is 2. The first kappa shape index (κ1) is 14.0. The average molecular weight is 294 g/mol. The Kier molecular flexibility index (Phi) is 3.46. The summed E-state index contributed by atoms with van der Waals surface area (Å²) in [5.41, 5.74) is 2.06. The van der Waals surface area contributed by atoms with E-state index in [4.69, 9.17) is 11.7 Å². The van der Waals surface area contributed by atoms with Crippen molar-refractivity contribution in [1.29, 1.82) is 0 Å². The quantitative estimate of drug-likeness (QED) is 0.439. The third-order valence-electron chi connectivity index (χ3n) is 3.57. The highest BCUT2D eigenvalue weighted by atomic mass is 16.6. The summed E-state index contributed by atoms with van der Waals surface area (Å²) in [6, 6.07) is 17.8. The fourth-order valence-electron chi connectivity index (χ4n) is 2.60. The molecule has 0 unspecified atom stereocenters. The van der Waals surface area contributed by atoms with Crippen LogP contribution in [0.4, 0.5) is 11.4 Å². The Hall–Kier alpha value is -2.96. The summed E-state index contributed by atoms with van der Waals surface area (Å²) < 4.78 is 0. The van der Waals surface area contributed by atoms with Crippen LogP contribution in [0.3, 0.4) is 0 Å². The Morgan fingerprint density at radius 3 is 2.14 bits per heavy atom. The highest BCUT2D eigenvalue weighted by Crippen LogP contribution is 2.37. The molecule has 0 saturated heterocycles. The molecule has 0 heterocycles. The molecule has 6 nitrogen and oxygen atoms in total. The highest BCUT2D eigenvalue weighted by molar-refractivity contribution is 6.04. The summed E-state index contributed by atoms with van der Waals surface area (Å²) in [6.07, 6.45) is 0. The molecule has 0 atom stereocenters. The van der Waals surface area contributed by atoms with E-state index >= 15 is 0 Å². The second-order valence-corrected chi connectivity index (χ2v) is 4.86. The molecule has 0 aliphatic carbocycles. The molecule has 0 amide bonds. The van der Waals surface area contributed by atoms with Crippen LogP contribution in [0.25, 0.3) is 21.9 Å². The van der Waals surface area contributed by atoms with Gasteiger partial charge in [0.1, 0.15) is 0 Å². The van der Waals surface area contributed by atoms with Gasteiger partial charge in [-0.1, -0.05) is 42.5 Å². The Balaban J connectivity index is 2.34. The third kappa shape index (κ3) is 2.26. The summed E-state index contributed by atoms with van der Waals surface area (Å²) in [6.45, 7) is 0. The van der Waals surface area contributed by atoms with Crippen LogP contribution in [0.5, 0.6) is 0 Å². The Labute approximate surface area is 126 Å². The van der Waals surface area contributed by atoms with Crippen LogP contribution in [0.2, 0.25) is 0 Å². The van der Waals surface area contributed by atoms with Gasteiger partial charge in [0.15, 0.2) is 0 Å². The molecule has 110 valence electrons. The van der Waals surface area contributed by atoms with Gasteiger partial charge in [-0.05, 0) is 23.1 Å². The predicted molar refractivity (Wildman–Crippen MR) is 86.9 cm³/mol. The summed E-state index contributed by atoms with van der Waals surface area (Å²) in [4.78, 5) is 10.9. The van der Waals surface area contributed by atoms with Crippen molar-refractivity contribution in [3.8, 4) is 11.1 Å². The fraction of sp³-hybridized carbons (Fsp3) is 0. The summed E-state index contributed by atoms with van der Waals surface area (Å²) >= 11 is 0. The maximum Gasteiger partial charge on any atom is 0.277 e. The lowest BCUT2D eigenvalue weighted by molar-refractivity contribution is -0.384. The van der Waals surface area contributed by atoms with Gasteiger partial charge >= 0.3 is 0 Å². The normalized spacial score (nSPS) is 10.6. The smallest absolute Gasteiger partial charge is 0.258 e. The van der Waals surface area contributed by atoms with Gasteiger partial charge in [-0.3, -0.25) is 10.1 Å². The van der Waals surface area contributed by atoms with Gasteiger partial charge in [-0.25, -0.2) is 16.8 Å². The van der Waals surface area contributed by atoms with Crippen molar-refractivity contribution in [3.63, 3.8) is 0 Å². The van der Waals surface area contributed by atoms with Crippen LogP contribution < -0.4 is 16.8 Å². The van der Waals surface area contributed by atoms with Gasteiger partial charge in [-0.2, -0.15) is 0 Å². The van der Waals surface area contributed by atoms with Gasteiger partial charge in [0.25, 0.3) is 5.69 Å². The standard InChI is InChI=1S/C16H14N4O2/c17-19(18)15-10-9-12(11-5-1-2-6-13(11)15)14-7-3-4-8-16(14)20(21)22/h1-10H,17-18H2. The highest BCUT2D eigenvalue weighted by Gasteiger charge is 2.17. The Morgan fingerprint density at radius 2 is 1.45 bits per heavy atom. The molecule has 22 heavy (non-hydrogen) atoms. The van der Waals surface area contributed by atoms with Crippen molar-refractivity contribution < 1.29 is 4.92 Å². The van der Waals surface area contributed by atoms with Crippen molar-refractivity contribution in [1.82, 2.24) is 0 Å². The molecule has 0 radical (unpaired) electrons. The van der Waals surface area contributed by atoms with E-state index in [1.807, 2.05) is 24.3 Å². The van der Waals surface area contributed by atoms with Crippen molar-refractivity contribution in [2.75, 3.05) is 5.12 Å². The Bertz CT molecular complexity index is 862. The summed E-state index contributed by atoms with van der Waals surface area (Å²) in [5, 5.41) is 14.0. The Morgan fingerprint density at radius 1 is 0.818 bits per heavy atom. The molecular formula is C16H14N4O2. The number of anilines is 1. The lowest BCUT2D eigenvalue weighted by atomic mass is 9.96. The zero-order chi connectivity index (χ0) is 15.7. The van der Waals surface area contributed by atoms with Crippen molar-refractivity contribution >= 4 is 22.1 Å². The fourth-order valence-corrected chi connectivity index (χ4v) is 2.60. The van der Waals surface area contributed by atoms with Gasteiger partial charge in [-0.15, -0.1) is 0 Å². The lowest BCUT2D eigenvalue weighted by Gasteiger charge is -2.16. The number of nitrogens with two attached hydrogens (primary N) is 2. The molecule has 0 bridgehead atoms. The minimum atomic E-state index is -0.379. The van der Waals surface area contributed by atoms with Gasteiger partial charge in [0.2, 0.25) is 0 Å². The van der Waals surface area contributed by atoms with E-state index < -0.39 is 0 Å². The van der Waals surface area contributed by atoms with Crippen molar-refractivity contribution in [3.05, 3.63) is 70.8 Å². The second-order valence-electron chi connectivity index (χ2n) is 4.86. The van der Waals surface area contributed by atoms with Crippen molar-refractivity contribution in [2.24, 2.45) is 11.7 Å². The lowest BCUT2D eigenvalue weighted by Crippen LogP contribution is -2.37. The first-order valence-corrected chi connectivity index (χ1v) is 6.64. The molecule has 3 aromatic rings. The average Bonchev–Trinajstić information content (AvgIpc) is 2.53. The van der Waals surface area contributed by atoms with E-state index in [-0.39, 0.29) is 10.6 Å². The van der Waals surface area contributed by atoms with E-state index in [2.05, 4.69) is 0 Å². The third-order valence-corrected chi connectivity index (χ3v) is 3.57. The van der Waals surface area contributed by atoms with Crippen LogP contribution in [-0.2, 0) is 0 Å². The number of nitro groups is 1. The molecule has 0 saturated carbocycles. The zero-order valence-electron chi connectivity index (χ0n) is 11.6. The number of hydrogen-bond donors (Lipinski definition) is 2. The zero-order valence-corrected chi connectivity index (χ0v) is 11.6. The van der Waals surface area contributed by atoms with Gasteiger partial charge in [0.05, 0.1) is 16.2 Å². The SMILES string of the molecule is NN(N)c1ccc(-c2ccccc2[N+](=O)[O-])c2ccccc12. The number of para-hydroxylation sites is 1. The van der Waals surface area contributed by atoms with Crippen LogP contribution in [0.1, 0.15) is 0 Å². The largest absolute Gasteiger partial charge is 0.277 e. The van der Waals surface area contributed by atoms with Gasteiger partial charge < -0.3 is 0 Å². The van der Waals surface area contributed by atoms with E-state index in [9.17, 15) is 10.1 Å². The summed E-state index contributed by atoms with van der Waals surface area (Å²) in [5.74, 6) is 11.3. The monoisotopic (exact) mass is 294 g/mol. The minimum absolute atomic E-state index is 0.0674. The molecule has 3 aromatic carbocycles. The predicted octanol–water partition coefficient (Wildman–Crippen LogP) is 2.97. The van der Waals surface area contributed by atoms with E-state index in [1.165, 1.54) is 6.07 Å². The van der Waals surface area contributed by atoms with Crippen LogP contribution in [0.15, 0.2) is 60.7 Å². The molecular weight excluding hydrogens is 280 g/mol. The van der Waals surface area contributed by atoms with E-state index in [0.717, 1.165) is 21.5 Å². The first-order valence-electron chi connectivity index (χ1n) is 6.64. The molecule has 4 N–H and O–H groups in total. The second kappa shape index (κ2) is 5.44. The molecule has 0 aromatic heterocycles.